The molecule has 0 aliphatic carbocycles. The van der Waals surface area contributed by atoms with Crippen LogP contribution in [-0.2, 0) is 6.42 Å². The molecule has 1 heterocycles. The van der Waals surface area contributed by atoms with Gasteiger partial charge in [-0.25, -0.2) is 0 Å². The van der Waals surface area contributed by atoms with Gasteiger partial charge in [0.25, 0.3) is 0 Å². The fraction of sp³-hybridized carbons (Fsp3) is 0.375. The summed E-state index contributed by atoms with van der Waals surface area (Å²) < 4.78 is 0. The summed E-state index contributed by atoms with van der Waals surface area (Å²) in [6.07, 6.45) is 2.80. The molecular weight excluding hydrogens is 270 g/mol. The first kappa shape index (κ1) is 9.20. The molecule has 0 saturated heterocycles. The van der Waals surface area contributed by atoms with E-state index in [2.05, 4.69) is 36.8 Å². The number of aromatic nitrogens is 1. The van der Waals surface area contributed by atoms with Crippen LogP contribution in [0.4, 0.5) is 0 Å². The molecule has 0 saturated carbocycles. The van der Waals surface area contributed by atoms with E-state index in [9.17, 15) is 0 Å². The molecule has 60 valence electrons. The summed E-state index contributed by atoms with van der Waals surface area (Å²) in [5.74, 6) is 0. The van der Waals surface area contributed by atoms with Crippen LogP contribution in [-0.4, -0.2) is 15.1 Å². The van der Waals surface area contributed by atoms with Crippen LogP contribution in [0.5, 0.6) is 0 Å². The molecule has 0 fully saturated rings. The SMILES string of the molecule is BrCC(Br)Cc1ccccn1. The molecule has 0 N–H and O–H groups in total. The summed E-state index contributed by atoms with van der Waals surface area (Å²) in [6.45, 7) is 0. The average Bonchev–Trinajstić information content (AvgIpc) is 2.06. The van der Waals surface area contributed by atoms with Crippen molar-refractivity contribution in [3.05, 3.63) is 30.1 Å². The van der Waals surface area contributed by atoms with Gasteiger partial charge in [-0.15, -0.1) is 0 Å². The number of pyridine rings is 1. The Morgan fingerprint density at radius 2 is 2.27 bits per heavy atom. The zero-order valence-corrected chi connectivity index (χ0v) is 9.18. The first-order valence-corrected chi connectivity index (χ1v) is 5.46. The fourth-order valence-electron chi connectivity index (χ4n) is 0.800. The Balaban J connectivity index is 2.51. The van der Waals surface area contributed by atoms with Gasteiger partial charge < -0.3 is 0 Å². The molecule has 11 heavy (non-hydrogen) atoms. The number of alkyl halides is 2. The van der Waals surface area contributed by atoms with E-state index in [1.54, 1.807) is 0 Å². The second kappa shape index (κ2) is 4.88. The van der Waals surface area contributed by atoms with Crippen LogP contribution in [0.15, 0.2) is 24.4 Å². The first-order valence-electron chi connectivity index (χ1n) is 3.43. The Bertz CT molecular complexity index is 201. The van der Waals surface area contributed by atoms with Gasteiger partial charge in [0.15, 0.2) is 0 Å². The third kappa shape index (κ3) is 3.34. The lowest BCUT2D eigenvalue weighted by Gasteiger charge is -2.03. The number of halogens is 2. The van der Waals surface area contributed by atoms with Crippen molar-refractivity contribution < 1.29 is 0 Å². The van der Waals surface area contributed by atoms with Gasteiger partial charge >= 0.3 is 0 Å². The summed E-state index contributed by atoms with van der Waals surface area (Å²) in [7, 11) is 0. The monoisotopic (exact) mass is 277 g/mol. The average molecular weight is 279 g/mol. The molecular formula is C8H9Br2N. The molecule has 0 aliphatic heterocycles. The maximum atomic E-state index is 4.22. The zero-order valence-electron chi connectivity index (χ0n) is 6.00. The highest BCUT2D eigenvalue weighted by Gasteiger charge is 2.02. The van der Waals surface area contributed by atoms with Crippen molar-refractivity contribution in [3.8, 4) is 0 Å². The number of hydrogen-bond donors (Lipinski definition) is 0. The third-order valence-corrected chi connectivity index (χ3v) is 3.62. The molecule has 0 radical (unpaired) electrons. The fourth-order valence-corrected chi connectivity index (χ4v) is 1.36. The van der Waals surface area contributed by atoms with E-state index in [4.69, 9.17) is 0 Å². The van der Waals surface area contributed by atoms with E-state index >= 15 is 0 Å². The summed E-state index contributed by atoms with van der Waals surface area (Å²) >= 11 is 6.92. The lowest BCUT2D eigenvalue weighted by atomic mass is 10.2. The van der Waals surface area contributed by atoms with E-state index in [-0.39, 0.29) is 0 Å². The van der Waals surface area contributed by atoms with Gasteiger partial charge in [-0.1, -0.05) is 37.9 Å². The highest BCUT2D eigenvalue weighted by molar-refractivity contribution is 9.12. The molecule has 0 aromatic carbocycles. The number of hydrogen-bond acceptors (Lipinski definition) is 1. The molecule has 1 aromatic rings. The van der Waals surface area contributed by atoms with E-state index in [0.717, 1.165) is 17.4 Å². The molecule has 0 bridgehead atoms. The summed E-state index contributed by atoms with van der Waals surface area (Å²) in [5.41, 5.74) is 1.13. The van der Waals surface area contributed by atoms with Crippen LogP contribution in [0, 0.1) is 0 Å². The normalized spacial score (nSPS) is 12.9. The van der Waals surface area contributed by atoms with Gasteiger partial charge in [0.05, 0.1) is 0 Å². The quantitative estimate of drug-likeness (QED) is 0.775. The molecule has 0 spiro atoms. The van der Waals surface area contributed by atoms with E-state index < -0.39 is 0 Å². The lowest BCUT2D eigenvalue weighted by molar-refractivity contribution is 0.927. The minimum absolute atomic E-state index is 0.484. The lowest BCUT2D eigenvalue weighted by Crippen LogP contribution is -2.04. The molecule has 0 aliphatic rings. The Kier molecular flexibility index (Phi) is 4.08. The first-order chi connectivity index (χ1) is 5.33. The Morgan fingerprint density at radius 1 is 1.45 bits per heavy atom. The van der Waals surface area contributed by atoms with Crippen molar-refractivity contribution in [1.82, 2.24) is 4.98 Å². The van der Waals surface area contributed by atoms with E-state index in [1.165, 1.54) is 0 Å². The second-order valence-corrected chi connectivity index (χ2v) is 4.22. The number of rotatable bonds is 3. The molecule has 1 atom stereocenters. The van der Waals surface area contributed by atoms with Crippen molar-refractivity contribution in [1.29, 1.82) is 0 Å². The van der Waals surface area contributed by atoms with Crippen LogP contribution >= 0.6 is 31.9 Å². The summed E-state index contributed by atoms with van der Waals surface area (Å²) in [6, 6.07) is 5.98. The largest absolute Gasteiger partial charge is 0.261 e. The minimum atomic E-state index is 0.484. The van der Waals surface area contributed by atoms with Gasteiger partial charge in [0, 0.05) is 28.5 Å². The number of nitrogens with zero attached hydrogens (tertiary/aromatic N) is 1. The van der Waals surface area contributed by atoms with Crippen LogP contribution in [0.1, 0.15) is 5.69 Å². The smallest absolute Gasteiger partial charge is 0.0415 e. The highest BCUT2D eigenvalue weighted by atomic mass is 79.9. The van der Waals surface area contributed by atoms with Crippen molar-refractivity contribution in [2.45, 2.75) is 11.2 Å². The van der Waals surface area contributed by atoms with Crippen molar-refractivity contribution in [2.24, 2.45) is 0 Å². The molecule has 1 nitrogen and oxygen atoms in total. The molecule has 0 amide bonds. The minimum Gasteiger partial charge on any atom is -0.261 e. The maximum Gasteiger partial charge on any atom is 0.0415 e. The van der Waals surface area contributed by atoms with Gasteiger partial charge in [0.2, 0.25) is 0 Å². The summed E-state index contributed by atoms with van der Waals surface area (Å²) in [4.78, 5) is 4.70. The maximum absolute atomic E-state index is 4.22. The molecule has 1 aromatic heterocycles. The van der Waals surface area contributed by atoms with Crippen molar-refractivity contribution >= 4 is 31.9 Å². The van der Waals surface area contributed by atoms with Gasteiger partial charge in [-0.05, 0) is 12.1 Å². The standard InChI is InChI=1S/C8H9Br2N/c9-6-7(10)5-8-3-1-2-4-11-8/h1-4,7H,5-6H2. The van der Waals surface area contributed by atoms with Crippen molar-refractivity contribution in [2.75, 3.05) is 5.33 Å². The van der Waals surface area contributed by atoms with Gasteiger partial charge in [0.1, 0.15) is 0 Å². The van der Waals surface area contributed by atoms with Crippen LogP contribution in [0.25, 0.3) is 0 Å². The predicted octanol–water partition coefficient (Wildman–Crippen LogP) is 2.78. The van der Waals surface area contributed by atoms with Crippen molar-refractivity contribution in [3.63, 3.8) is 0 Å². The topological polar surface area (TPSA) is 12.9 Å². The predicted molar refractivity (Wildman–Crippen MR) is 54.5 cm³/mol. The third-order valence-electron chi connectivity index (χ3n) is 1.32. The Labute approximate surface area is 83.5 Å². The van der Waals surface area contributed by atoms with Gasteiger partial charge in [-0.3, -0.25) is 4.98 Å². The second-order valence-electron chi connectivity index (χ2n) is 2.28. The Morgan fingerprint density at radius 3 is 2.82 bits per heavy atom. The highest BCUT2D eigenvalue weighted by Crippen LogP contribution is 2.09. The van der Waals surface area contributed by atoms with E-state index in [0.29, 0.717) is 4.83 Å². The van der Waals surface area contributed by atoms with Gasteiger partial charge in [-0.2, -0.15) is 0 Å². The van der Waals surface area contributed by atoms with Crippen LogP contribution in [0.2, 0.25) is 0 Å². The van der Waals surface area contributed by atoms with Crippen LogP contribution < -0.4 is 0 Å². The zero-order chi connectivity index (χ0) is 8.10. The molecule has 1 unspecified atom stereocenters. The van der Waals surface area contributed by atoms with E-state index in [1.807, 2.05) is 24.4 Å². The molecule has 1 rings (SSSR count). The molecule has 3 heteroatoms. The van der Waals surface area contributed by atoms with Crippen LogP contribution in [0.3, 0.4) is 0 Å². The Hall–Kier alpha value is 0.110. The summed E-state index contributed by atoms with van der Waals surface area (Å²) in [5, 5.41) is 0.962.